The smallest absolute Gasteiger partial charge is 0.266 e. The van der Waals surface area contributed by atoms with Gasteiger partial charge in [0.1, 0.15) is 4.88 Å². The van der Waals surface area contributed by atoms with Crippen molar-refractivity contribution >= 4 is 42.1 Å². The number of halogens is 2. The third-order valence-electron chi connectivity index (χ3n) is 3.66. The van der Waals surface area contributed by atoms with Crippen molar-refractivity contribution < 1.29 is 4.79 Å². The van der Waals surface area contributed by atoms with Gasteiger partial charge in [-0.15, -0.1) is 36.2 Å². The summed E-state index contributed by atoms with van der Waals surface area (Å²) in [6.45, 7) is 5.46. The van der Waals surface area contributed by atoms with Crippen LogP contribution in [0.1, 0.15) is 53.0 Å². The van der Waals surface area contributed by atoms with Gasteiger partial charge in [0, 0.05) is 19.1 Å². The number of carbonyl (C=O) groups excluding carboxylic acids is 1. The van der Waals surface area contributed by atoms with Crippen molar-refractivity contribution in [1.82, 2.24) is 9.88 Å². The van der Waals surface area contributed by atoms with E-state index in [1.807, 2.05) is 11.8 Å². The van der Waals surface area contributed by atoms with E-state index in [1.54, 1.807) is 11.3 Å². The van der Waals surface area contributed by atoms with Crippen molar-refractivity contribution in [2.45, 2.75) is 52.0 Å². The maximum atomic E-state index is 12.6. The predicted octanol–water partition coefficient (Wildman–Crippen LogP) is 3.20. The zero-order valence-electron chi connectivity index (χ0n) is 12.6. The van der Waals surface area contributed by atoms with Gasteiger partial charge in [-0.1, -0.05) is 6.92 Å². The average Bonchev–Trinajstić information content (AvgIpc) is 2.79. The molecule has 2 heterocycles. The quantitative estimate of drug-likeness (QED) is 0.903. The lowest BCUT2D eigenvalue weighted by atomic mass is 10.0. The Balaban J connectivity index is 0.00000200. The van der Waals surface area contributed by atoms with Crippen LogP contribution >= 0.6 is 36.2 Å². The highest BCUT2D eigenvalue weighted by atomic mass is 35.5. The van der Waals surface area contributed by atoms with Crippen LogP contribution in [0.4, 0.5) is 0 Å². The van der Waals surface area contributed by atoms with Gasteiger partial charge < -0.3 is 10.6 Å². The summed E-state index contributed by atoms with van der Waals surface area (Å²) in [4.78, 5) is 19.9. The Morgan fingerprint density at radius 3 is 2.76 bits per heavy atom. The number of carbonyl (C=O) groups is 1. The molecule has 1 amide bonds. The van der Waals surface area contributed by atoms with Gasteiger partial charge in [-0.3, -0.25) is 4.79 Å². The Morgan fingerprint density at radius 2 is 2.14 bits per heavy atom. The molecule has 0 spiro atoms. The third kappa shape index (κ3) is 4.81. The Hall–Kier alpha value is -0.360. The minimum absolute atomic E-state index is 0. The minimum atomic E-state index is 0. The van der Waals surface area contributed by atoms with Crippen molar-refractivity contribution in [3.05, 3.63) is 15.6 Å². The largest absolute Gasteiger partial charge is 0.334 e. The molecule has 2 N–H and O–H groups in total. The fourth-order valence-corrected chi connectivity index (χ4v) is 3.74. The van der Waals surface area contributed by atoms with Gasteiger partial charge in [-0.25, -0.2) is 4.98 Å². The second-order valence-corrected chi connectivity index (χ2v) is 6.24. The molecule has 1 fully saturated rings. The van der Waals surface area contributed by atoms with Crippen LogP contribution in [0.15, 0.2) is 0 Å². The van der Waals surface area contributed by atoms with Crippen molar-refractivity contribution in [3.63, 3.8) is 0 Å². The maximum absolute atomic E-state index is 12.6. The molecule has 0 saturated carbocycles. The Kier molecular flexibility index (Phi) is 9.45. The number of nitrogens with zero attached hydrogens (tertiary/aromatic N) is 2. The molecular weight excluding hydrogens is 329 g/mol. The highest BCUT2D eigenvalue weighted by molar-refractivity contribution is 7.13. The molecular formula is C14H25Cl2N3OS. The second-order valence-electron chi connectivity index (χ2n) is 5.16. The van der Waals surface area contributed by atoms with Crippen LogP contribution in [0, 0.1) is 6.92 Å². The van der Waals surface area contributed by atoms with Gasteiger partial charge in [0.25, 0.3) is 5.91 Å². The van der Waals surface area contributed by atoms with E-state index in [-0.39, 0.29) is 36.8 Å². The van der Waals surface area contributed by atoms with Gasteiger partial charge >= 0.3 is 0 Å². The molecule has 7 heteroatoms. The van der Waals surface area contributed by atoms with Crippen LogP contribution in [0.2, 0.25) is 0 Å². The maximum Gasteiger partial charge on any atom is 0.266 e. The summed E-state index contributed by atoms with van der Waals surface area (Å²) in [5.41, 5.74) is 6.67. The first kappa shape index (κ1) is 20.6. The van der Waals surface area contributed by atoms with Crippen LogP contribution in [0.25, 0.3) is 0 Å². The van der Waals surface area contributed by atoms with Crippen LogP contribution in [0.5, 0.6) is 0 Å². The Bertz CT molecular complexity index is 453. The molecule has 21 heavy (non-hydrogen) atoms. The molecule has 1 aromatic rings. The van der Waals surface area contributed by atoms with E-state index < -0.39 is 0 Å². The van der Waals surface area contributed by atoms with E-state index in [0.29, 0.717) is 6.54 Å². The fraction of sp³-hybridized carbons (Fsp3) is 0.714. The number of hydrogen-bond donors (Lipinski definition) is 1. The fourth-order valence-electron chi connectivity index (χ4n) is 2.61. The summed E-state index contributed by atoms with van der Waals surface area (Å²) < 4.78 is 0. The molecule has 122 valence electrons. The lowest BCUT2D eigenvalue weighted by molar-refractivity contribution is 0.0627. The molecule has 0 radical (unpaired) electrons. The number of nitrogens with two attached hydrogens (primary N) is 1. The normalized spacial score (nSPS) is 17.9. The van der Waals surface area contributed by atoms with Crippen molar-refractivity contribution in [2.75, 3.05) is 13.1 Å². The monoisotopic (exact) mass is 353 g/mol. The molecule has 1 aliphatic rings. The molecule has 4 nitrogen and oxygen atoms in total. The lowest BCUT2D eigenvalue weighted by Gasteiger charge is -2.34. The Labute approximate surface area is 143 Å². The van der Waals surface area contributed by atoms with Crippen LogP contribution in [-0.4, -0.2) is 34.9 Å². The minimum Gasteiger partial charge on any atom is -0.334 e. The van der Waals surface area contributed by atoms with E-state index in [2.05, 4.69) is 11.9 Å². The number of hydrogen-bond acceptors (Lipinski definition) is 4. The van der Waals surface area contributed by atoms with Crippen LogP contribution in [-0.2, 0) is 6.42 Å². The number of rotatable bonds is 4. The summed E-state index contributed by atoms with van der Waals surface area (Å²) in [5, 5.41) is 1.07. The molecule has 0 aromatic carbocycles. The zero-order valence-corrected chi connectivity index (χ0v) is 15.1. The SMILES string of the molecule is CCCc1nc(C)c(C(=O)N2CCCCC2CN)s1.Cl.Cl. The van der Waals surface area contributed by atoms with E-state index in [4.69, 9.17) is 5.73 Å². The summed E-state index contributed by atoms with van der Waals surface area (Å²) in [7, 11) is 0. The number of piperidine rings is 1. The summed E-state index contributed by atoms with van der Waals surface area (Å²) in [5.74, 6) is 0.132. The standard InChI is InChI=1S/C14H23N3OS.2ClH/c1-3-6-12-16-10(2)13(19-12)14(18)17-8-5-4-7-11(17)9-15;;/h11H,3-9,15H2,1-2H3;2*1H. The highest BCUT2D eigenvalue weighted by Gasteiger charge is 2.28. The topological polar surface area (TPSA) is 59.2 Å². The predicted molar refractivity (Wildman–Crippen MR) is 93.1 cm³/mol. The molecule has 1 aliphatic heterocycles. The first-order valence-electron chi connectivity index (χ1n) is 7.14. The van der Waals surface area contributed by atoms with E-state index >= 15 is 0 Å². The first-order chi connectivity index (χ1) is 9.17. The molecule has 1 aromatic heterocycles. The average molecular weight is 354 g/mol. The molecule has 2 rings (SSSR count). The molecule has 0 bridgehead atoms. The molecule has 1 unspecified atom stereocenters. The molecule has 1 atom stereocenters. The zero-order chi connectivity index (χ0) is 13.8. The van der Waals surface area contributed by atoms with Gasteiger partial charge in [-0.2, -0.15) is 0 Å². The van der Waals surface area contributed by atoms with Crippen molar-refractivity contribution in [3.8, 4) is 0 Å². The number of aryl methyl sites for hydroxylation is 2. The first-order valence-corrected chi connectivity index (χ1v) is 7.96. The van der Waals surface area contributed by atoms with Gasteiger partial charge in [0.2, 0.25) is 0 Å². The number of aromatic nitrogens is 1. The molecule has 1 saturated heterocycles. The van der Waals surface area contributed by atoms with Gasteiger partial charge in [0.15, 0.2) is 0 Å². The van der Waals surface area contributed by atoms with Gasteiger partial charge in [0.05, 0.1) is 10.7 Å². The van der Waals surface area contributed by atoms with E-state index in [0.717, 1.165) is 47.8 Å². The second kappa shape index (κ2) is 9.62. The summed E-state index contributed by atoms with van der Waals surface area (Å²) >= 11 is 1.56. The summed E-state index contributed by atoms with van der Waals surface area (Å²) in [6, 6.07) is 0.206. The molecule has 0 aliphatic carbocycles. The van der Waals surface area contributed by atoms with E-state index in [9.17, 15) is 4.79 Å². The summed E-state index contributed by atoms with van der Waals surface area (Å²) in [6.07, 6.45) is 5.31. The van der Waals surface area contributed by atoms with Gasteiger partial charge in [-0.05, 0) is 39.0 Å². The lowest BCUT2D eigenvalue weighted by Crippen LogP contribution is -2.47. The Morgan fingerprint density at radius 1 is 1.43 bits per heavy atom. The van der Waals surface area contributed by atoms with Crippen LogP contribution < -0.4 is 5.73 Å². The van der Waals surface area contributed by atoms with Crippen LogP contribution in [0.3, 0.4) is 0 Å². The van der Waals surface area contributed by atoms with Crippen molar-refractivity contribution in [1.29, 1.82) is 0 Å². The third-order valence-corrected chi connectivity index (χ3v) is 4.86. The van der Waals surface area contributed by atoms with Crippen molar-refractivity contribution in [2.24, 2.45) is 5.73 Å². The highest BCUT2D eigenvalue weighted by Crippen LogP contribution is 2.25. The number of amides is 1. The van der Waals surface area contributed by atoms with E-state index in [1.165, 1.54) is 6.42 Å². The number of likely N-dealkylation sites (tertiary alicyclic amines) is 1. The number of thiazole rings is 1.